The Labute approximate surface area is 123 Å². The Morgan fingerprint density at radius 2 is 1.95 bits per heavy atom. The van der Waals surface area contributed by atoms with Crippen LogP contribution in [-0.4, -0.2) is 16.2 Å². The summed E-state index contributed by atoms with van der Waals surface area (Å²) in [5.41, 5.74) is -1.48. The van der Waals surface area contributed by atoms with E-state index in [1.165, 1.54) is 6.07 Å². The van der Waals surface area contributed by atoms with Crippen LogP contribution in [0.1, 0.15) is 24.4 Å². The van der Waals surface area contributed by atoms with E-state index in [4.69, 9.17) is 0 Å². The van der Waals surface area contributed by atoms with Crippen LogP contribution in [-0.2, 0) is 12.7 Å². The lowest BCUT2D eigenvalue weighted by molar-refractivity contribution is -0.139. The van der Waals surface area contributed by atoms with E-state index in [0.717, 1.165) is 17.4 Å². The first-order chi connectivity index (χ1) is 9.79. The van der Waals surface area contributed by atoms with Gasteiger partial charge in [-0.15, -0.1) is 10.2 Å². The van der Waals surface area contributed by atoms with Crippen molar-refractivity contribution in [3.8, 4) is 10.6 Å². The van der Waals surface area contributed by atoms with Crippen molar-refractivity contribution in [2.45, 2.75) is 32.6 Å². The molecule has 2 aromatic rings. The Hall–Kier alpha value is -1.54. The number of hydrogen-bond donors (Lipinski definition) is 1. The summed E-state index contributed by atoms with van der Waals surface area (Å²) >= 11 is 1.07. The van der Waals surface area contributed by atoms with E-state index < -0.39 is 17.6 Å². The predicted molar refractivity (Wildman–Crippen MR) is 72.3 cm³/mol. The highest BCUT2D eigenvalue weighted by molar-refractivity contribution is 7.14. The van der Waals surface area contributed by atoms with Gasteiger partial charge in [0.05, 0.1) is 5.56 Å². The second-order valence-corrected chi connectivity index (χ2v) is 5.76. The first-order valence-electron chi connectivity index (χ1n) is 6.21. The lowest BCUT2D eigenvalue weighted by Gasteiger charge is -2.09. The maximum atomic E-state index is 14.0. The molecule has 1 heterocycles. The van der Waals surface area contributed by atoms with Crippen LogP contribution in [0.4, 0.5) is 17.6 Å². The van der Waals surface area contributed by atoms with Crippen molar-refractivity contribution >= 4 is 11.3 Å². The van der Waals surface area contributed by atoms with E-state index in [-0.39, 0.29) is 16.6 Å². The molecular weight excluding hydrogens is 306 g/mol. The first kappa shape index (κ1) is 15.8. The maximum Gasteiger partial charge on any atom is 0.419 e. The molecule has 0 aliphatic carbocycles. The van der Waals surface area contributed by atoms with E-state index in [0.29, 0.717) is 17.6 Å². The summed E-state index contributed by atoms with van der Waals surface area (Å²) in [6, 6.07) is 3.38. The zero-order valence-corrected chi connectivity index (χ0v) is 12.1. The molecule has 0 saturated heterocycles. The molecule has 1 aromatic heterocycles. The molecule has 21 heavy (non-hydrogen) atoms. The zero-order chi connectivity index (χ0) is 15.6. The van der Waals surface area contributed by atoms with Gasteiger partial charge in [-0.05, 0) is 12.1 Å². The summed E-state index contributed by atoms with van der Waals surface area (Å²) < 4.78 is 52.0. The molecule has 0 amide bonds. The molecule has 114 valence electrons. The highest BCUT2D eigenvalue weighted by Crippen LogP contribution is 2.36. The normalized spacial score (nSPS) is 12.1. The van der Waals surface area contributed by atoms with E-state index in [1.807, 2.05) is 13.8 Å². The molecule has 0 aliphatic heterocycles. The summed E-state index contributed by atoms with van der Waals surface area (Å²) in [5, 5.41) is 11.5. The molecule has 2 rings (SSSR count). The lowest BCUT2D eigenvalue weighted by atomic mass is 10.1. The number of rotatable bonds is 4. The minimum Gasteiger partial charge on any atom is -0.308 e. The topological polar surface area (TPSA) is 37.8 Å². The van der Waals surface area contributed by atoms with E-state index in [2.05, 4.69) is 15.5 Å². The third-order valence-electron chi connectivity index (χ3n) is 2.66. The number of benzene rings is 1. The van der Waals surface area contributed by atoms with Crippen LogP contribution in [0.3, 0.4) is 0 Å². The van der Waals surface area contributed by atoms with Crippen molar-refractivity contribution in [1.29, 1.82) is 0 Å². The summed E-state index contributed by atoms with van der Waals surface area (Å²) in [7, 11) is 0. The average Bonchev–Trinajstić information content (AvgIpc) is 2.83. The Balaban J connectivity index is 2.31. The molecule has 1 aromatic carbocycles. The van der Waals surface area contributed by atoms with Gasteiger partial charge in [0.25, 0.3) is 0 Å². The molecular formula is C13H13F4N3S. The van der Waals surface area contributed by atoms with Crippen molar-refractivity contribution in [1.82, 2.24) is 15.5 Å². The highest BCUT2D eigenvalue weighted by atomic mass is 32.1. The fourth-order valence-electron chi connectivity index (χ4n) is 1.64. The van der Waals surface area contributed by atoms with Crippen molar-refractivity contribution in [3.63, 3.8) is 0 Å². The number of nitrogens with zero attached hydrogens (tertiary/aromatic N) is 2. The molecule has 0 fully saturated rings. The van der Waals surface area contributed by atoms with Crippen molar-refractivity contribution in [2.24, 2.45) is 0 Å². The second-order valence-electron chi connectivity index (χ2n) is 4.70. The van der Waals surface area contributed by atoms with Gasteiger partial charge in [0.15, 0.2) is 5.01 Å². The Morgan fingerprint density at radius 3 is 2.57 bits per heavy atom. The van der Waals surface area contributed by atoms with Crippen LogP contribution in [0.5, 0.6) is 0 Å². The molecule has 0 saturated carbocycles. The summed E-state index contributed by atoms with van der Waals surface area (Å²) in [5.74, 6) is -1.32. The molecule has 0 spiro atoms. The highest BCUT2D eigenvalue weighted by Gasteiger charge is 2.35. The van der Waals surface area contributed by atoms with E-state index in [1.54, 1.807) is 0 Å². The van der Waals surface area contributed by atoms with Gasteiger partial charge in [-0.1, -0.05) is 31.3 Å². The molecule has 0 bridgehead atoms. The monoisotopic (exact) mass is 319 g/mol. The van der Waals surface area contributed by atoms with Crippen LogP contribution in [0, 0.1) is 5.82 Å². The minimum absolute atomic E-state index is 0.138. The molecule has 1 N–H and O–H groups in total. The molecule has 0 atom stereocenters. The van der Waals surface area contributed by atoms with Crippen molar-refractivity contribution < 1.29 is 17.6 Å². The molecule has 0 unspecified atom stereocenters. The lowest BCUT2D eigenvalue weighted by Crippen LogP contribution is -2.21. The van der Waals surface area contributed by atoms with Gasteiger partial charge in [0, 0.05) is 18.2 Å². The molecule has 8 heteroatoms. The van der Waals surface area contributed by atoms with Crippen LogP contribution < -0.4 is 5.32 Å². The van der Waals surface area contributed by atoms with Crippen LogP contribution in [0.25, 0.3) is 10.6 Å². The average molecular weight is 319 g/mol. The smallest absolute Gasteiger partial charge is 0.308 e. The van der Waals surface area contributed by atoms with Crippen molar-refractivity contribution in [3.05, 3.63) is 34.6 Å². The summed E-state index contributed by atoms with van der Waals surface area (Å²) in [6.45, 7) is 4.35. The zero-order valence-electron chi connectivity index (χ0n) is 11.3. The van der Waals surface area contributed by atoms with Gasteiger partial charge in [-0.3, -0.25) is 0 Å². The molecule has 0 radical (unpaired) electrons. The Morgan fingerprint density at radius 1 is 1.24 bits per heavy atom. The van der Waals surface area contributed by atoms with Gasteiger partial charge >= 0.3 is 6.18 Å². The Kier molecular flexibility index (Phi) is 4.58. The van der Waals surface area contributed by atoms with Crippen LogP contribution in [0.2, 0.25) is 0 Å². The molecule has 3 nitrogen and oxygen atoms in total. The van der Waals surface area contributed by atoms with E-state index in [9.17, 15) is 17.6 Å². The van der Waals surface area contributed by atoms with Gasteiger partial charge in [0.1, 0.15) is 10.8 Å². The second kappa shape index (κ2) is 6.07. The quantitative estimate of drug-likeness (QED) is 0.870. The Bertz CT molecular complexity index is 622. The summed E-state index contributed by atoms with van der Waals surface area (Å²) in [4.78, 5) is 0. The number of aromatic nitrogens is 2. The number of alkyl halides is 3. The fraction of sp³-hybridized carbons (Fsp3) is 0.385. The third kappa shape index (κ3) is 3.76. The third-order valence-corrected chi connectivity index (χ3v) is 3.62. The van der Waals surface area contributed by atoms with Gasteiger partial charge in [-0.2, -0.15) is 13.2 Å². The minimum atomic E-state index is -4.73. The first-order valence-corrected chi connectivity index (χ1v) is 7.02. The number of halogens is 4. The van der Waals surface area contributed by atoms with Gasteiger partial charge in [-0.25, -0.2) is 4.39 Å². The number of nitrogens with one attached hydrogen (secondary N) is 1. The molecule has 0 aliphatic rings. The standard InChI is InChI=1S/C13H13F4N3S/c1-7(2)18-6-10-19-20-12(21-10)8-4-3-5-9(11(8)14)13(15,16)17/h3-5,7,18H,6H2,1-2H3. The summed E-state index contributed by atoms with van der Waals surface area (Å²) in [6.07, 6.45) is -4.73. The predicted octanol–water partition coefficient (Wildman–Crippen LogP) is 3.86. The van der Waals surface area contributed by atoms with Gasteiger partial charge in [0.2, 0.25) is 0 Å². The number of hydrogen-bond acceptors (Lipinski definition) is 4. The van der Waals surface area contributed by atoms with Gasteiger partial charge < -0.3 is 5.32 Å². The van der Waals surface area contributed by atoms with Crippen LogP contribution >= 0.6 is 11.3 Å². The maximum absolute atomic E-state index is 14.0. The van der Waals surface area contributed by atoms with Crippen LogP contribution in [0.15, 0.2) is 18.2 Å². The van der Waals surface area contributed by atoms with E-state index >= 15 is 0 Å². The fourth-order valence-corrected chi connectivity index (χ4v) is 2.45. The largest absolute Gasteiger partial charge is 0.419 e. The van der Waals surface area contributed by atoms with Crippen molar-refractivity contribution in [2.75, 3.05) is 0 Å². The SMILES string of the molecule is CC(C)NCc1nnc(-c2cccc(C(F)(F)F)c2F)s1.